The number of amides is 1. The average Bonchev–Trinajstić information content (AvgIpc) is 3.34. The molecule has 2 aromatic carbocycles. The van der Waals surface area contributed by atoms with Gasteiger partial charge in [-0.05, 0) is 66.0 Å². The van der Waals surface area contributed by atoms with Crippen molar-refractivity contribution >= 4 is 28.2 Å². The van der Waals surface area contributed by atoms with E-state index in [0.29, 0.717) is 28.9 Å². The van der Waals surface area contributed by atoms with Crippen LogP contribution in [-0.2, 0) is 12.8 Å². The van der Waals surface area contributed by atoms with Crippen LogP contribution in [-0.4, -0.2) is 33.2 Å². The van der Waals surface area contributed by atoms with Crippen molar-refractivity contribution in [2.45, 2.75) is 52.6 Å². The summed E-state index contributed by atoms with van der Waals surface area (Å²) in [5.41, 5.74) is 3.29. The first-order valence-corrected chi connectivity index (χ1v) is 14.3. The smallest absolute Gasteiger partial charge is 0.343 e. The first kappa shape index (κ1) is 27.8. The van der Waals surface area contributed by atoms with Crippen molar-refractivity contribution in [2.75, 3.05) is 26.6 Å². The molecule has 0 radical (unpaired) electrons. The molecule has 40 heavy (non-hydrogen) atoms. The maximum Gasteiger partial charge on any atom is 0.343 e. The summed E-state index contributed by atoms with van der Waals surface area (Å²) in [4.78, 5) is 27.6. The fourth-order valence-electron chi connectivity index (χ4n) is 5.54. The van der Waals surface area contributed by atoms with Gasteiger partial charge >= 0.3 is 5.97 Å². The van der Waals surface area contributed by atoms with Crippen LogP contribution >= 0.6 is 11.3 Å². The highest BCUT2D eigenvalue weighted by Crippen LogP contribution is 2.47. The number of ether oxygens (including phenoxy) is 4. The largest absolute Gasteiger partial charge is 0.493 e. The number of esters is 1. The van der Waals surface area contributed by atoms with Gasteiger partial charge in [0, 0.05) is 4.88 Å². The Balaban J connectivity index is 1.35. The van der Waals surface area contributed by atoms with Gasteiger partial charge in [0.2, 0.25) is 5.75 Å². The number of nitrogens with one attached hydrogen (secondary N) is 2. The van der Waals surface area contributed by atoms with Crippen molar-refractivity contribution in [1.29, 1.82) is 0 Å². The molecule has 2 aliphatic rings. The van der Waals surface area contributed by atoms with E-state index in [1.165, 1.54) is 31.8 Å². The number of thiophene rings is 1. The predicted octanol–water partition coefficient (Wildman–Crippen LogP) is 6.39. The van der Waals surface area contributed by atoms with Crippen molar-refractivity contribution in [3.63, 3.8) is 0 Å². The third kappa shape index (κ3) is 5.10. The fourth-order valence-corrected chi connectivity index (χ4v) is 6.90. The zero-order valence-corrected chi connectivity index (χ0v) is 24.6. The van der Waals surface area contributed by atoms with E-state index in [2.05, 4.69) is 31.4 Å². The van der Waals surface area contributed by atoms with Crippen LogP contribution in [0.3, 0.4) is 0 Å². The third-order valence-corrected chi connectivity index (χ3v) is 9.55. The van der Waals surface area contributed by atoms with Crippen LogP contribution in [0.2, 0.25) is 0 Å². The molecule has 212 valence electrons. The van der Waals surface area contributed by atoms with Crippen molar-refractivity contribution in [3.8, 4) is 23.0 Å². The number of carbonyl (C=O) groups is 2. The minimum atomic E-state index is -0.574. The van der Waals surface area contributed by atoms with Gasteiger partial charge < -0.3 is 29.6 Å². The van der Waals surface area contributed by atoms with Crippen LogP contribution in [0.1, 0.15) is 76.5 Å². The Morgan fingerprint density at radius 3 is 2.42 bits per heavy atom. The molecule has 2 atom stereocenters. The Hall–Kier alpha value is -3.72. The van der Waals surface area contributed by atoms with Gasteiger partial charge in [0.15, 0.2) is 11.5 Å². The van der Waals surface area contributed by atoms with Crippen LogP contribution in [0.25, 0.3) is 0 Å². The molecule has 0 saturated heterocycles. The second kappa shape index (κ2) is 11.0. The minimum Gasteiger partial charge on any atom is -0.493 e. The Kier molecular flexibility index (Phi) is 7.68. The van der Waals surface area contributed by atoms with Gasteiger partial charge in [-0.25, -0.2) is 4.79 Å². The van der Waals surface area contributed by atoms with Crippen molar-refractivity contribution in [1.82, 2.24) is 5.32 Å². The molecule has 3 aromatic rings. The molecule has 1 aliphatic carbocycles. The number of rotatable bonds is 8. The van der Waals surface area contributed by atoms with E-state index in [1.54, 1.807) is 41.7 Å². The molecule has 1 aliphatic heterocycles. The normalized spacial score (nSPS) is 18.1. The Morgan fingerprint density at radius 2 is 1.77 bits per heavy atom. The van der Waals surface area contributed by atoms with E-state index >= 15 is 0 Å². The number of hydrogen-bond acceptors (Lipinski definition) is 8. The summed E-state index contributed by atoms with van der Waals surface area (Å²) in [6, 6.07) is 10.2. The van der Waals surface area contributed by atoms with Gasteiger partial charge in [0.25, 0.3) is 5.91 Å². The molecule has 0 fully saturated rings. The van der Waals surface area contributed by atoms with E-state index in [4.69, 9.17) is 18.9 Å². The molecular formula is C31H36N2O6S. The molecule has 1 aromatic heterocycles. The first-order valence-electron chi connectivity index (χ1n) is 13.5. The summed E-state index contributed by atoms with van der Waals surface area (Å²) in [7, 11) is 4.47. The van der Waals surface area contributed by atoms with E-state index in [-0.39, 0.29) is 16.9 Å². The second-order valence-electron chi connectivity index (χ2n) is 10.9. The maximum absolute atomic E-state index is 13.3. The molecular weight excluding hydrogens is 528 g/mol. The molecule has 2 heterocycles. The Labute approximate surface area is 239 Å². The summed E-state index contributed by atoms with van der Waals surface area (Å²) in [5, 5.41) is 7.54. The number of benzene rings is 2. The lowest BCUT2D eigenvalue weighted by Gasteiger charge is -2.36. The summed E-state index contributed by atoms with van der Waals surface area (Å²) in [6.07, 6.45) is 3.75. The predicted molar refractivity (Wildman–Crippen MR) is 155 cm³/mol. The zero-order chi connectivity index (χ0) is 28.6. The number of carbonyl (C=O) groups excluding carboxylic acids is 2. The molecule has 2 N–H and O–H groups in total. The molecule has 5 rings (SSSR count). The monoisotopic (exact) mass is 564 g/mol. The Bertz CT molecular complexity index is 1420. The first-order chi connectivity index (χ1) is 19.2. The molecule has 0 unspecified atom stereocenters. The summed E-state index contributed by atoms with van der Waals surface area (Å²) < 4.78 is 21.7. The number of hydrogen-bond donors (Lipinski definition) is 2. The molecule has 8 nitrogen and oxygen atoms in total. The molecule has 0 saturated carbocycles. The highest BCUT2D eigenvalue weighted by atomic mass is 32.1. The van der Waals surface area contributed by atoms with E-state index < -0.39 is 12.1 Å². The topological polar surface area (TPSA) is 95.1 Å². The van der Waals surface area contributed by atoms with Crippen LogP contribution < -0.4 is 29.6 Å². The van der Waals surface area contributed by atoms with Gasteiger partial charge in [0.05, 0.1) is 32.5 Å². The summed E-state index contributed by atoms with van der Waals surface area (Å²) in [5.74, 6) is 1.43. The van der Waals surface area contributed by atoms with Crippen molar-refractivity contribution < 1.29 is 28.5 Å². The molecule has 0 spiro atoms. The van der Waals surface area contributed by atoms with Gasteiger partial charge in [-0.1, -0.05) is 39.3 Å². The van der Waals surface area contributed by atoms with E-state index in [0.717, 1.165) is 41.8 Å². The van der Waals surface area contributed by atoms with Gasteiger partial charge in [0.1, 0.15) is 16.9 Å². The molecule has 9 heteroatoms. The molecule has 1 amide bonds. The highest BCUT2D eigenvalue weighted by molar-refractivity contribution is 7.16. The summed E-state index contributed by atoms with van der Waals surface area (Å²) in [6.45, 7) is 6.95. The van der Waals surface area contributed by atoms with Crippen molar-refractivity contribution in [2.24, 2.45) is 11.3 Å². The zero-order valence-electron chi connectivity index (χ0n) is 23.8. The van der Waals surface area contributed by atoms with Crippen LogP contribution in [0.4, 0.5) is 5.00 Å². The summed E-state index contributed by atoms with van der Waals surface area (Å²) >= 11 is 1.70. The number of fused-ring (bicyclic) bond motifs is 3. The molecule has 0 bridgehead atoms. The SMILES string of the molecule is CCC(C)(C)[C@@H]1CCc2c(sc3c2C(=O)N[C@H](c2cccc(OC(=O)c4cc(OC)c(OC)c(OC)c4)c2)N3)C1. The van der Waals surface area contributed by atoms with Crippen LogP contribution in [0.15, 0.2) is 36.4 Å². The average molecular weight is 565 g/mol. The lowest BCUT2D eigenvalue weighted by Crippen LogP contribution is -2.38. The third-order valence-electron chi connectivity index (χ3n) is 8.36. The fraction of sp³-hybridized carbons (Fsp3) is 0.419. The quantitative estimate of drug-likeness (QED) is 0.242. The van der Waals surface area contributed by atoms with E-state index in [1.807, 2.05) is 6.07 Å². The van der Waals surface area contributed by atoms with Crippen molar-refractivity contribution in [3.05, 3.63) is 63.5 Å². The van der Waals surface area contributed by atoms with Gasteiger partial charge in [-0.15, -0.1) is 11.3 Å². The van der Waals surface area contributed by atoms with E-state index in [9.17, 15) is 9.59 Å². The maximum atomic E-state index is 13.3. The Morgan fingerprint density at radius 1 is 1.05 bits per heavy atom. The van der Waals surface area contributed by atoms with Crippen LogP contribution in [0, 0.1) is 11.3 Å². The second-order valence-corrected chi connectivity index (χ2v) is 12.0. The lowest BCUT2D eigenvalue weighted by atomic mass is 9.69. The minimum absolute atomic E-state index is 0.0655. The van der Waals surface area contributed by atoms with Gasteiger partial charge in [-0.2, -0.15) is 0 Å². The number of anilines is 1. The standard InChI is InChI=1S/C31H36N2O6S/c1-7-31(2,3)19-11-12-21-24(16-19)40-29-25(21)28(34)32-27(33-29)17-9-8-10-20(13-17)39-30(35)18-14-22(36-4)26(38-6)23(15-18)37-5/h8-10,13-15,19,27,33H,7,11-12,16H2,1-6H3,(H,32,34)/t19-,27+/m1/s1. The highest BCUT2D eigenvalue weighted by Gasteiger charge is 2.37. The number of methoxy groups -OCH3 is 3. The van der Waals surface area contributed by atoms with Crippen LogP contribution in [0.5, 0.6) is 23.0 Å². The van der Waals surface area contributed by atoms with Gasteiger partial charge in [-0.3, -0.25) is 4.79 Å². The lowest BCUT2D eigenvalue weighted by molar-refractivity contribution is 0.0733.